The van der Waals surface area contributed by atoms with Crippen LogP contribution in [0.2, 0.25) is 5.02 Å². The van der Waals surface area contributed by atoms with Crippen molar-refractivity contribution < 1.29 is 9.53 Å². The molecule has 1 aromatic carbocycles. The van der Waals surface area contributed by atoms with Gasteiger partial charge in [0.25, 0.3) is 0 Å². The molecule has 2 N–H and O–H groups in total. The van der Waals surface area contributed by atoms with Crippen LogP contribution in [0.4, 0.5) is 5.69 Å². The van der Waals surface area contributed by atoms with Gasteiger partial charge in [-0.05, 0) is 44.0 Å². The molecule has 1 aliphatic rings. The Morgan fingerprint density at radius 1 is 1.43 bits per heavy atom. The maximum absolute atomic E-state index is 12.4. The summed E-state index contributed by atoms with van der Waals surface area (Å²) in [5.41, 5.74) is 0.645. The van der Waals surface area contributed by atoms with E-state index in [2.05, 4.69) is 10.6 Å². The molecule has 1 atom stereocenters. The van der Waals surface area contributed by atoms with E-state index in [1.165, 1.54) is 6.42 Å². The summed E-state index contributed by atoms with van der Waals surface area (Å²) in [6.45, 7) is 3.56. The van der Waals surface area contributed by atoms with Crippen molar-refractivity contribution in [3.63, 3.8) is 0 Å². The van der Waals surface area contributed by atoms with Crippen molar-refractivity contribution in [1.82, 2.24) is 5.32 Å². The highest BCUT2D eigenvalue weighted by Crippen LogP contribution is 2.28. The van der Waals surface area contributed by atoms with Crippen LogP contribution in [-0.4, -0.2) is 25.1 Å². The number of benzene rings is 1. The predicted octanol–water partition coefficient (Wildman–Crippen LogP) is 3.60. The molecular weight excluding hydrogens is 288 g/mol. The molecule has 1 amide bonds. The Balaban J connectivity index is 2.06. The zero-order valence-corrected chi connectivity index (χ0v) is 13.2. The Morgan fingerprint density at radius 2 is 2.29 bits per heavy atom. The van der Waals surface area contributed by atoms with Crippen molar-refractivity contribution in [2.75, 3.05) is 18.5 Å². The second-order valence-electron chi connectivity index (χ2n) is 5.33. The highest BCUT2D eigenvalue weighted by molar-refractivity contribution is 6.31. The van der Waals surface area contributed by atoms with E-state index in [4.69, 9.17) is 16.3 Å². The molecule has 1 aliphatic heterocycles. The summed E-state index contributed by atoms with van der Waals surface area (Å²) in [7, 11) is 0. The summed E-state index contributed by atoms with van der Waals surface area (Å²) in [6, 6.07) is 5.17. The molecule has 1 aromatic rings. The van der Waals surface area contributed by atoms with Crippen LogP contribution in [0.15, 0.2) is 18.2 Å². The van der Waals surface area contributed by atoms with Gasteiger partial charge in [0.1, 0.15) is 5.75 Å². The van der Waals surface area contributed by atoms with Crippen LogP contribution in [0, 0.1) is 0 Å². The van der Waals surface area contributed by atoms with E-state index in [1.54, 1.807) is 18.2 Å². The largest absolute Gasteiger partial charge is 0.491 e. The normalized spacial score (nSPS) is 18.9. The molecule has 21 heavy (non-hydrogen) atoms. The number of hydrogen-bond acceptors (Lipinski definition) is 3. The number of amides is 1. The van der Waals surface area contributed by atoms with Gasteiger partial charge in [0.05, 0.1) is 18.3 Å². The van der Waals surface area contributed by atoms with Crippen molar-refractivity contribution in [3.8, 4) is 5.75 Å². The van der Waals surface area contributed by atoms with E-state index in [1.807, 2.05) is 6.92 Å². The van der Waals surface area contributed by atoms with E-state index in [0.717, 1.165) is 32.2 Å². The Hall–Kier alpha value is -1.26. The molecule has 1 fully saturated rings. The van der Waals surface area contributed by atoms with Crippen LogP contribution in [0.5, 0.6) is 5.75 Å². The van der Waals surface area contributed by atoms with Crippen molar-refractivity contribution >= 4 is 23.2 Å². The monoisotopic (exact) mass is 310 g/mol. The van der Waals surface area contributed by atoms with Gasteiger partial charge >= 0.3 is 0 Å². The van der Waals surface area contributed by atoms with Crippen molar-refractivity contribution in [1.29, 1.82) is 0 Å². The zero-order valence-electron chi connectivity index (χ0n) is 12.5. The number of carbonyl (C=O) groups is 1. The summed E-state index contributed by atoms with van der Waals surface area (Å²) in [5.74, 6) is 0.656. The minimum Gasteiger partial charge on any atom is -0.491 e. The van der Waals surface area contributed by atoms with Crippen LogP contribution in [0.1, 0.15) is 39.0 Å². The predicted molar refractivity (Wildman–Crippen MR) is 86.1 cm³/mol. The standard InChI is InChI=1S/C16H23ClN2O2/c1-2-10-21-15-8-7-12(17)11-14(15)19-16(20)13-6-4-3-5-9-18-13/h7-8,11,13,18H,2-6,9-10H2,1H3,(H,19,20). The maximum atomic E-state index is 12.4. The summed E-state index contributed by atoms with van der Waals surface area (Å²) in [5, 5.41) is 6.83. The first-order valence-corrected chi connectivity index (χ1v) is 8.05. The molecule has 0 spiro atoms. The number of anilines is 1. The third-order valence-electron chi connectivity index (χ3n) is 3.54. The number of halogens is 1. The SMILES string of the molecule is CCCOc1ccc(Cl)cc1NC(=O)C1CCCCCN1. The number of rotatable bonds is 5. The molecule has 4 nitrogen and oxygen atoms in total. The fourth-order valence-corrected chi connectivity index (χ4v) is 2.58. The van der Waals surface area contributed by atoms with Crippen molar-refractivity contribution in [2.24, 2.45) is 0 Å². The molecule has 1 heterocycles. The van der Waals surface area contributed by atoms with Gasteiger partial charge < -0.3 is 15.4 Å². The van der Waals surface area contributed by atoms with Crippen LogP contribution >= 0.6 is 11.6 Å². The Kier molecular flexibility index (Phi) is 6.33. The van der Waals surface area contributed by atoms with Gasteiger partial charge in [0, 0.05) is 5.02 Å². The lowest BCUT2D eigenvalue weighted by molar-refractivity contribution is -0.118. The first-order chi connectivity index (χ1) is 10.2. The third kappa shape index (κ3) is 4.90. The Bertz CT molecular complexity index is 471. The zero-order chi connectivity index (χ0) is 15.1. The minimum absolute atomic E-state index is 0.0134. The lowest BCUT2D eigenvalue weighted by atomic mass is 10.1. The molecule has 0 bridgehead atoms. The van der Waals surface area contributed by atoms with Gasteiger partial charge in [-0.1, -0.05) is 31.4 Å². The van der Waals surface area contributed by atoms with E-state index < -0.39 is 0 Å². The number of ether oxygens (including phenoxy) is 1. The number of carbonyl (C=O) groups excluding carboxylic acids is 1. The average molecular weight is 311 g/mol. The summed E-state index contributed by atoms with van der Waals surface area (Å²) in [4.78, 5) is 12.4. The Morgan fingerprint density at radius 3 is 3.10 bits per heavy atom. The smallest absolute Gasteiger partial charge is 0.241 e. The molecular formula is C16H23ClN2O2. The van der Waals surface area contributed by atoms with Gasteiger partial charge in [-0.15, -0.1) is 0 Å². The fourth-order valence-electron chi connectivity index (χ4n) is 2.41. The number of nitrogens with one attached hydrogen (secondary N) is 2. The second kappa shape index (κ2) is 8.25. The highest BCUT2D eigenvalue weighted by Gasteiger charge is 2.20. The maximum Gasteiger partial charge on any atom is 0.241 e. The van der Waals surface area contributed by atoms with Gasteiger partial charge in [-0.3, -0.25) is 4.79 Å². The van der Waals surface area contributed by atoms with E-state index in [-0.39, 0.29) is 11.9 Å². The van der Waals surface area contributed by atoms with E-state index in [0.29, 0.717) is 23.1 Å². The van der Waals surface area contributed by atoms with Crippen LogP contribution in [0.25, 0.3) is 0 Å². The minimum atomic E-state index is -0.134. The summed E-state index contributed by atoms with van der Waals surface area (Å²) >= 11 is 6.02. The van der Waals surface area contributed by atoms with Crippen LogP contribution in [0.3, 0.4) is 0 Å². The lowest BCUT2D eigenvalue weighted by Gasteiger charge is -2.17. The second-order valence-corrected chi connectivity index (χ2v) is 5.77. The molecule has 1 saturated heterocycles. The first kappa shape index (κ1) is 16.1. The summed E-state index contributed by atoms with van der Waals surface area (Å²) < 4.78 is 5.66. The van der Waals surface area contributed by atoms with E-state index >= 15 is 0 Å². The van der Waals surface area contributed by atoms with Gasteiger partial charge in [0.2, 0.25) is 5.91 Å². The fraction of sp³-hybridized carbons (Fsp3) is 0.562. The van der Waals surface area contributed by atoms with Crippen LogP contribution < -0.4 is 15.4 Å². The molecule has 1 unspecified atom stereocenters. The molecule has 0 aromatic heterocycles. The van der Waals surface area contributed by atoms with Gasteiger partial charge in [-0.25, -0.2) is 0 Å². The Labute approximate surface area is 131 Å². The third-order valence-corrected chi connectivity index (χ3v) is 3.77. The molecule has 5 heteroatoms. The van der Waals surface area contributed by atoms with Gasteiger partial charge in [0.15, 0.2) is 0 Å². The molecule has 2 rings (SSSR count). The van der Waals surface area contributed by atoms with Crippen molar-refractivity contribution in [3.05, 3.63) is 23.2 Å². The topological polar surface area (TPSA) is 50.4 Å². The highest BCUT2D eigenvalue weighted by atomic mass is 35.5. The van der Waals surface area contributed by atoms with E-state index in [9.17, 15) is 4.79 Å². The quantitative estimate of drug-likeness (QED) is 0.873. The number of hydrogen-bond donors (Lipinski definition) is 2. The molecule has 0 saturated carbocycles. The lowest BCUT2D eigenvalue weighted by Crippen LogP contribution is -2.39. The van der Waals surface area contributed by atoms with Crippen molar-refractivity contribution in [2.45, 2.75) is 45.1 Å². The molecule has 116 valence electrons. The molecule has 0 aliphatic carbocycles. The summed E-state index contributed by atoms with van der Waals surface area (Å²) in [6.07, 6.45) is 5.18. The molecule has 0 radical (unpaired) electrons. The first-order valence-electron chi connectivity index (χ1n) is 7.67. The van der Waals surface area contributed by atoms with Gasteiger partial charge in [-0.2, -0.15) is 0 Å². The average Bonchev–Trinajstić information content (AvgIpc) is 2.75. The van der Waals surface area contributed by atoms with Crippen LogP contribution in [-0.2, 0) is 4.79 Å².